The Kier molecular flexibility index (Phi) is 7.88. The van der Waals surface area contributed by atoms with E-state index in [0.29, 0.717) is 0 Å². The number of amides is 3. The third-order valence-corrected chi connectivity index (χ3v) is 4.88. The Morgan fingerprint density at radius 3 is 1.68 bits per heavy atom. The van der Waals surface area contributed by atoms with Crippen molar-refractivity contribution in [2.75, 3.05) is 0 Å². The van der Waals surface area contributed by atoms with Crippen molar-refractivity contribution in [3.05, 3.63) is 12.2 Å². The average molecular weight is 466 g/mol. The first-order valence-corrected chi connectivity index (χ1v) is 9.22. The lowest BCUT2D eigenvalue weighted by atomic mass is 9.81. The minimum Gasteiger partial charge on any atom is -0.274 e. The molecule has 0 saturated heterocycles. The Morgan fingerprint density at radius 2 is 1.35 bits per heavy atom. The molecule has 5 nitrogen and oxygen atoms in total. The van der Waals surface area contributed by atoms with Gasteiger partial charge in [0.05, 0.1) is 5.92 Å². The molecule has 0 bridgehead atoms. The van der Waals surface area contributed by atoms with Crippen LogP contribution < -0.4 is 0 Å². The first kappa shape index (κ1) is 26.8. The number of alkyl halides is 8. The van der Waals surface area contributed by atoms with Gasteiger partial charge in [-0.15, -0.1) is 13.2 Å². The molecule has 0 aliphatic heterocycles. The van der Waals surface area contributed by atoms with Gasteiger partial charge in [0, 0.05) is 17.5 Å². The van der Waals surface area contributed by atoms with E-state index in [4.69, 9.17) is 0 Å². The Bertz CT molecular complexity index is 722. The molecule has 31 heavy (non-hydrogen) atoms. The fourth-order valence-electron chi connectivity index (χ4n) is 3.32. The Morgan fingerprint density at radius 1 is 0.903 bits per heavy atom. The van der Waals surface area contributed by atoms with Crippen molar-refractivity contribution in [1.82, 2.24) is 9.80 Å². The number of imide groups is 1. The zero-order valence-corrected chi connectivity index (χ0v) is 16.9. The van der Waals surface area contributed by atoms with Crippen molar-refractivity contribution < 1.29 is 49.5 Å². The lowest BCUT2D eigenvalue weighted by Crippen LogP contribution is -2.63. The van der Waals surface area contributed by atoms with Crippen LogP contribution in [-0.4, -0.2) is 52.1 Å². The summed E-state index contributed by atoms with van der Waals surface area (Å²) in [6.45, 7) is 6.16. The maximum absolute atomic E-state index is 14.7. The molecule has 0 aromatic rings. The largest absolute Gasteiger partial charge is 0.494 e. The predicted octanol–water partition coefficient (Wildman–Crippen LogP) is 4.64. The first-order valence-electron chi connectivity index (χ1n) is 9.22. The molecule has 1 fully saturated rings. The van der Waals surface area contributed by atoms with E-state index in [2.05, 4.69) is 6.58 Å². The standard InChI is InChI=1S/C18H22F8N2O3/c1-9(2)13(29)27(10(3)4)17(22,23)15(31)28(18(24,25)26)14(30)11-5-7-12(8-6-11)16(19,20)21/h10-12H,1,5-8H2,2-4H3. The molecule has 178 valence electrons. The van der Waals surface area contributed by atoms with E-state index in [0.717, 1.165) is 20.8 Å². The van der Waals surface area contributed by atoms with Crippen LogP contribution >= 0.6 is 0 Å². The van der Waals surface area contributed by atoms with E-state index in [-0.39, 0.29) is 0 Å². The van der Waals surface area contributed by atoms with Crippen molar-refractivity contribution in [2.24, 2.45) is 11.8 Å². The fraction of sp³-hybridized carbons (Fsp3) is 0.722. The molecular weight excluding hydrogens is 444 g/mol. The summed E-state index contributed by atoms with van der Waals surface area (Å²) >= 11 is 0. The maximum Gasteiger partial charge on any atom is 0.494 e. The summed E-state index contributed by atoms with van der Waals surface area (Å²) in [5, 5.41) is 0. The summed E-state index contributed by atoms with van der Waals surface area (Å²) in [4.78, 5) is 34.5. The molecule has 0 N–H and O–H groups in total. The second-order valence-corrected chi connectivity index (χ2v) is 7.63. The van der Waals surface area contributed by atoms with Crippen LogP contribution in [0.2, 0.25) is 0 Å². The fourth-order valence-corrected chi connectivity index (χ4v) is 3.32. The van der Waals surface area contributed by atoms with Crippen LogP contribution in [0.25, 0.3) is 0 Å². The Hall–Kier alpha value is -2.21. The van der Waals surface area contributed by atoms with Gasteiger partial charge in [-0.3, -0.25) is 19.3 Å². The molecule has 1 aliphatic rings. The smallest absolute Gasteiger partial charge is 0.274 e. The molecule has 0 spiro atoms. The molecule has 13 heteroatoms. The van der Waals surface area contributed by atoms with Gasteiger partial charge in [-0.2, -0.15) is 26.9 Å². The van der Waals surface area contributed by atoms with E-state index < -0.39 is 95.2 Å². The topological polar surface area (TPSA) is 57.7 Å². The van der Waals surface area contributed by atoms with Gasteiger partial charge in [0.2, 0.25) is 5.91 Å². The number of carbonyl (C=O) groups is 3. The molecule has 0 heterocycles. The van der Waals surface area contributed by atoms with Crippen LogP contribution in [0.1, 0.15) is 46.5 Å². The Balaban J connectivity index is 3.25. The van der Waals surface area contributed by atoms with Gasteiger partial charge in [-0.25, -0.2) is 0 Å². The minimum absolute atomic E-state index is 0.426. The molecule has 0 radical (unpaired) electrons. The second kappa shape index (κ2) is 9.11. The normalized spacial score (nSPS) is 20.4. The van der Waals surface area contributed by atoms with E-state index in [1.165, 1.54) is 0 Å². The number of carbonyl (C=O) groups excluding carboxylic acids is 3. The number of hydrogen-bond donors (Lipinski definition) is 0. The van der Waals surface area contributed by atoms with E-state index >= 15 is 0 Å². The van der Waals surface area contributed by atoms with Crippen LogP contribution in [0.4, 0.5) is 35.1 Å². The summed E-state index contributed by atoms with van der Waals surface area (Å²) < 4.78 is 108. The number of halogens is 8. The highest BCUT2D eigenvalue weighted by Crippen LogP contribution is 2.41. The van der Waals surface area contributed by atoms with E-state index in [1.807, 2.05) is 0 Å². The molecule has 1 saturated carbocycles. The zero-order valence-electron chi connectivity index (χ0n) is 16.9. The molecule has 0 aromatic carbocycles. The zero-order chi connectivity index (χ0) is 24.5. The highest BCUT2D eigenvalue weighted by molar-refractivity contribution is 6.03. The van der Waals surface area contributed by atoms with Gasteiger partial charge in [0.25, 0.3) is 5.91 Å². The second-order valence-electron chi connectivity index (χ2n) is 7.63. The summed E-state index contributed by atoms with van der Waals surface area (Å²) in [5.41, 5.74) is -0.489. The molecule has 3 amide bonds. The van der Waals surface area contributed by atoms with Gasteiger partial charge in [-0.05, 0) is 46.5 Å². The molecule has 0 atom stereocenters. The summed E-state index contributed by atoms with van der Waals surface area (Å²) in [5.74, 6) is -10.1. The van der Waals surface area contributed by atoms with Gasteiger partial charge in [0.15, 0.2) is 0 Å². The van der Waals surface area contributed by atoms with Gasteiger partial charge >= 0.3 is 24.4 Å². The number of rotatable bonds is 5. The minimum atomic E-state index is -5.88. The maximum atomic E-state index is 14.7. The summed E-state index contributed by atoms with van der Waals surface area (Å²) in [6.07, 6.45) is -13.2. The average Bonchev–Trinajstić information content (AvgIpc) is 2.59. The van der Waals surface area contributed by atoms with Gasteiger partial charge in [0.1, 0.15) is 0 Å². The SMILES string of the molecule is C=C(C)C(=O)N(C(C)C)C(F)(F)C(=O)N(C(=O)C1CCC(C(F)(F)F)CC1)C(F)(F)F. The monoisotopic (exact) mass is 466 g/mol. The van der Waals surface area contributed by atoms with E-state index in [1.54, 1.807) is 0 Å². The third-order valence-electron chi connectivity index (χ3n) is 4.88. The molecular formula is C18H22F8N2O3. The lowest BCUT2D eigenvalue weighted by Gasteiger charge is -2.37. The third kappa shape index (κ3) is 5.94. The van der Waals surface area contributed by atoms with Crippen LogP contribution in [0.15, 0.2) is 12.2 Å². The van der Waals surface area contributed by atoms with Crippen LogP contribution in [0, 0.1) is 11.8 Å². The number of hydrogen-bond acceptors (Lipinski definition) is 3. The van der Waals surface area contributed by atoms with E-state index in [9.17, 15) is 49.5 Å². The first-order chi connectivity index (χ1) is 13.8. The number of nitrogens with zero attached hydrogens (tertiary/aromatic N) is 2. The van der Waals surface area contributed by atoms with Crippen molar-refractivity contribution in [3.8, 4) is 0 Å². The quantitative estimate of drug-likeness (QED) is 0.337. The van der Waals surface area contributed by atoms with Gasteiger partial charge in [-0.1, -0.05) is 6.58 Å². The van der Waals surface area contributed by atoms with Crippen LogP contribution in [-0.2, 0) is 14.4 Å². The molecule has 0 unspecified atom stereocenters. The van der Waals surface area contributed by atoms with Crippen molar-refractivity contribution in [2.45, 2.75) is 71.0 Å². The lowest BCUT2D eigenvalue weighted by molar-refractivity contribution is -0.259. The highest BCUT2D eigenvalue weighted by atomic mass is 19.4. The van der Waals surface area contributed by atoms with Gasteiger partial charge < -0.3 is 0 Å². The molecule has 1 rings (SSSR count). The molecule has 0 aromatic heterocycles. The Labute approximate surface area is 173 Å². The van der Waals surface area contributed by atoms with Crippen LogP contribution in [0.5, 0.6) is 0 Å². The van der Waals surface area contributed by atoms with Crippen molar-refractivity contribution >= 4 is 17.7 Å². The van der Waals surface area contributed by atoms with Crippen molar-refractivity contribution in [1.29, 1.82) is 0 Å². The van der Waals surface area contributed by atoms with Crippen LogP contribution in [0.3, 0.4) is 0 Å². The highest BCUT2D eigenvalue weighted by Gasteiger charge is 2.60. The molecule has 1 aliphatic carbocycles. The summed E-state index contributed by atoms with van der Waals surface area (Å²) in [6, 6.07) is -6.52. The predicted molar refractivity (Wildman–Crippen MR) is 91.2 cm³/mol. The summed E-state index contributed by atoms with van der Waals surface area (Å²) in [7, 11) is 0. The van der Waals surface area contributed by atoms with Crippen molar-refractivity contribution in [3.63, 3.8) is 0 Å².